The maximum Gasteiger partial charge on any atom is 0.186 e. The van der Waals surface area contributed by atoms with Gasteiger partial charge in [-0.15, -0.1) is 0 Å². The Bertz CT molecular complexity index is 181. The summed E-state index contributed by atoms with van der Waals surface area (Å²) in [5.41, 5.74) is 0. The summed E-state index contributed by atoms with van der Waals surface area (Å²) in [4.78, 5) is 11.0. The van der Waals surface area contributed by atoms with Gasteiger partial charge in [-0.2, -0.15) is 0 Å². The zero-order valence-electron chi connectivity index (χ0n) is 7.92. The van der Waals surface area contributed by atoms with Crippen molar-refractivity contribution in [1.82, 2.24) is 0 Å². The molecule has 0 spiro atoms. The van der Waals surface area contributed by atoms with E-state index in [9.17, 15) is 4.79 Å². The van der Waals surface area contributed by atoms with Gasteiger partial charge in [0.1, 0.15) is 0 Å². The molecule has 1 rings (SSSR count). The summed E-state index contributed by atoms with van der Waals surface area (Å²) < 4.78 is 5.44. The molecule has 2 atom stereocenters. The molecule has 1 fully saturated rings. The van der Waals surface area contributed by atoms with Crippen LogP contribution in [0.2, 0.25) is 0 Å². The highest BCUT2D eigenvalue weighted by Gasteiger charge is 2.36. The van der Waals surface area contributed by atoms with Crippen molar-refractivity contribution in [2.75, 3.05) is 13.2 Å². The van der Waals surface area contributed by atoms with Crippen LogP contribution in [-0.4, -0.2) is 23.1 Å². The lowest BCUT2D eigenvalue weighted by Crippen LogP contribution is -2.39. The van der Waals surface area contributed by atoms with Crippen molar-refractivity contribution in [2.24, 2.45) is 5.92 Å². The standard InChI is InChI=1S/C9H16O2S/c1-7-6-11-5-4-9(7,3)12-8(2)10/h7H,4-6H2,1-3H3/t7-,9+/m0/s1. The van der Waals surface area contributed by atoms with E-state index < -0.39 is 0 Å². The van der Waals surface area contributed by atoms with E-state index in [0.29, 0.717) is 5.92 Å². The largest absolute Gasteiger partial charge is 0.381 e. The number of carbonyl (C=O) groups is 1. The highest BCUT2D eigenvalue weighted by Crippen LogP contribution is 2.39. The van der Waals surface area contributed by atoms with Crippen molar-refractivity contribution >= 4 is 16.9 Å². The van der Waals surface area contributed by atoms with E-state index in [0.717, 1.165) is 19.6 Å². The molecule has 0 bridgehead atoms. The van der Waals surface area contributed by atoms with Crippen molar-refractivity contribution in [3.05, 3.63) is 0 Å². The fraction of sp³-hybridized carbons (Fsp3) is 0.889. The van der Waals surface area contributed by atoms with Crippen LogP contribution < -0.4 is 0 Å². The summed E-state index contributed by atoms with van der Waals surface area (Å²) in [7, 11) is 0. The molecule has 0 aromatic rings. The van der Waals surface area contributed by atoms with E-state index >= 15 is 0 Å². The zero-order valence-corrected chi connectivity index (χ0v) is 8.74. The van der Waals surface area contributed by atoms with Gasteiger partial charge in [0.15, 0.2) is 5.12 Å². The normalized spacial score (nSPS) is 36.4. The van der Waals surface area contributed by atoms with Crippen molar-refractivity contribution in [3.8, 4) is 0 Å². The first kappa shape index (κ1) is 10.1. The average molecular weight is 188 g/mol. The number of rotatable bonds is 1. The summed E-state index contributed by atoms with van der Waals surface area (Å²) in [6.45, 7) is 7.53. The quantitative estimate of drug-likeness (QED) is 0.630. The van der Waals surface area contributed by atoms with Gasteiger partial charge in [-0.05, 0) is 19.3 Å². The first-order chi connectivity index (χ1) is 5.54. The van der Waals surface area contributed by atoms with Crippen LogP contribution in [0.4, 0.5) is 0 Å². The topological polar surface area (TPSA) is 26.3 Å². The van der Waals surface area contributed by atoms with Crippen LogP contribution in [0.15, 0.2) is 0 Å². The van der Waals surface area contributed by atoms with Crippen LogP contribution in [-0.2, 0) is 9.53 Å². The van der Waals surface area contributed by atoms with Gasteiger partial charge < -0.3 is 4.74 Å². The number of ether oxygens (including phenoxy) is 1. The van der Waals surface area contributed by atoms with Crippen LogP contribution in [0.5, 0.6) is 0 Å². The van der Waals surface area contributed by atoms with E-state index in [-0.39, 0.29) is 9.86 Å². The van der Waals surface area contributed by atoms with Gasteiger partial charge in [0, 0.05) is 18.3 Å². The molecule has 0 N–H and O–H groups in total. The lowest BCUT2D eigenvalue weighted by atomic mass is 9.91. The molecule has 1 aliphatic rings. The molecule has 0 aromatic heterocycles. The lowest BCUT2D eigenvalue weighted by molar-refractivity contribution is -0.109. The molecule has 12 heavy (non-hydrogen) atoms. The van der Waals surface area contributed by atoms with E-state index in [1.165, 1.54) is 11.8 Å². The number of carbonyl (C=O) groups excluding carboxylic acids is 1. The molecule has 1 aliphatic heterocycles. The van der Waals surface area contributed by atoms with Gasteiger partial charge in [-0.25, -0.2) is 0 Å². The van der Waals surface area contributed by atoms with E-state index in [1.54, 1.807) is 6.92 Å². The van der Waals surface area contributed by atoms with E-state index in [1.807, 2.05) is 0 Å². The second-order valence-electron chi connectivity index (χ2n) is 3.63. The second kappa shape index (κ2) is 3.79. The highest BCUT2D eigenvalue weighted by atomic mass is 32.2. The van der Waals surface area contributed by atoms with Gasteiger partial charge in [-0.1, -0.05) is 18.7 Å². The Morgan fingerprint density at radius 3 is 2.83 bits per heavy atom. The van der Waals surface area contributed by atoms with Gasteiger partial charge in [0.2, 0.25) is 0 Å². The molecule has 0 amide bonds. The number of hydrogen-bond donors (Lipinski definition) is 0. The molecule has 70 valence electrons. The summed E-state index contributed by atoms with van der Waals surface area (Å²) in [6.07, 6.45) is 0.985. The first-order valence-electron chi connectivity index (χ1n) is 4.32. The van der Waals surface area contributed by atoms with E-state index in [2.05, 4.69) is 13.8 Å². The summed E-state index contributed by atoms with van der Waals surface area (Å²) in [6, 6.07) is 0. The molecule has 1 saturated heterocycles. The van der Waals surface area contributed by atoms with Crippen LogP contribution in [0, 0.1) is 5.92 Å². The number of hydrogen-bond acceptors (Lipinski definition) is 3. The van der Waals surface area contributed by atoms with Crippen LogP contribution in [0.1, 0.15) is 27.2 Å². The average Bonchev–Trinajstić information content (AvgIpc) is 1.94. The smallest absolute Gasteiger partial charge is 0.186 e. The Morgan fingerprint density at radius 1 is 1.67 bits per heavy atom. The Hall–Kier alpha value is -0.0200. The SMILES string of the molecule is CC(=O)S[C@]1(C)CCOC[C@@H]1C. The minimum Gasteiger partial charge on any atom is -0.381 e. The molecule has 0 aromatic carbocycles. The molecule has 2 nitrogen and oxygen atoms in total. The van der Waals surface area contributed by atoms with Crippen LogP contribution >= 0.6 is 11.8 Å². The van der Waals surface area contributed by atoms with Gasteiger partial charge >= 0.3 is 0 Å². The predicted octanol–water partition coefficient (Wildman–Crippen LogP) is 2.08. The van der Waals surface area contributed by atoms with Gasteiger partial charge in [0.25, 0.3) is 0 Å². The van der Waals surface area contributed by atoms with Crippen molar-refractivity contribution in [1.29, 1.82) is 0 Å². The molecule has 1 heterocycles. The molecule has 3 heteroatoms. The predicted molar refractivity (Wildman–Crippen MR) is 51.3 cm³/mol. The monoisotopic (exact) mass is 188 g/mol. The third-order valence-electron chi connectivity index (χ3n) is 2.53. The van der Waals surface area contributed by atoms with Crippen molar-refractivity contribution in [3.63, 3.8) is 0 Å². The maximum atomic E-state index is 11.0. The highest BCUT2D eigenvalue weighted by molar-refractivity contribution is 8.14. The minimum absolute atomic E-state index is 0.101. The summed E-state index contributed by atoms with van der Waals surface area (Å²) >= 11 is 1.47. The van der Waals surface area contributed by atoms with Gasteiger partial charge in [-0.3, -0.25) is 4.79 Å². The van der Waals surface area contributed by atoms with Gasteiger partial charge in [0.05, 0.1) is 6.61 Å². The Morgan fingerprint density at radius 2 is 2.33 bits per heavy atom. The Balaban J connectivity index is 2.59. The van der Waals surface area contributed by atoms with Crippen LogP contribution in [0.25, 0.3) is 0 Å². The Labute approximate surface area is 78.1 Å². The van der Waals surface area contributed by atoms with Crippen LogP contribution in [0.3, 0.4) is 0 Å². The third-order valence-corrected chi connectivity index (χ3v) is 3.89. The molecule has 0 saturated carbocycles. The van der Waals surface area contributed by atoms with Crippen molar-refractivity contribution < 1.29 is 9.53 Å². The molecule has 0 radical (unpaired) electrons. The second-order valence-corrected chi connectivity index (χ2v) is 5.34. The third kappa shape index (κ3) is 2.23. The Kier molecular flexibility index (Phi) is 3.18. The number of thioether (sulfide) groups is 1. The first-order valence-corrected chi connectivity index (χ1v) is 5.13. The summed E-state index contributed by atoms with van der Waals surface area (Å²) in [5, 5.41) is 0.214. The molecular formula is C9H16O2S. The van der Waals surface area contributed by atoms with Crippen molar-refractivity contribution in [2.45, 2.75) is 31.9 Å². The lowest BCUT2D eigenvalue weighted by Gasteiger charge is -2.37. The fourth-order valence-corrected chi connectivity index (χ4v) is 2.55. The fourth-order valence-electron chi connectivity index (χ4n) is 1.44. The maximum absolute atomic E-state index is 11.0. The molecular weight excluding hydrogens is 172 g/mol. The molecule has 0 aliphatic carbocycles. The minimum atomic E-state index is 0.101. The van der Waals surface area contributed by atoms with E-state index in [4.69, 9.17) is 4.74 Å². The molecule has 0 unspecified atom stereocenters. The zero-order chi connectivity index (χ0) is 9.19. The summed E-state index contributed by atoms with van der Waals surface area (Å²) in [5.74, 6) is 0.472.